The van der Waals surface area contributed by atoms with Gasteiger partial charge in [-0.2, -0.15) is 5.26 Å². The zero-order valence-corrected chi connectivity index (χ0v) is 15.1. The first kappa shape index (κ1) is 16.4. The fourth-order valence-electron chi connectivity index (χ4n) is 2.15. The summed E-state index contributed by atoms with van der Waals surface area (Å²) in [7, 11) is 0. The average Bonchev–Trinajstić information content (AvgIpc) is 3.09. The minimum atomic E-state index is 0.563. The van der Waals surface area contributed by atoms with E-state index in [0.717, 1.165) is 26.3 Å². The number of halogens is 1. The molecule has 0 saturated heterocycles. The van der Waals surface area contributed by atoms with E-state index in [-0.39, 0.29) is 0 Å². The summed E-state index contributed by atoms with van der Waals surface area (Å²) in [6.07, 6.45) is 5.66. The van der Waals surface area contributed by atoms with E-state index in [0.29, 0.717) is 5.57 Å². The number of aromatic nitrogens is 1. The molecule has 1 heterocycles. The van der Waals surface area contributed by atoms with Gasteiger partial charge in [0.2, 0.25) is 0 Å². The monoisotopic (exact) mass is 392 g/mol. The maximum absolute atomic E-state index is 9.41. The fourth-order valence-corrected chi connectivity index (χ4v) is 3.36. The minimum Gasteiger partial charge on any atom is -0.235 e. The molecule has 0 aliphatic rings. The van der Waals surface area contributed by atoms with E-state index in [1.54, 1.807) is 6.08 Å². The topological polar surface area (TPSA) is 36.7 Å². The molecule has 116 valence electrons. The third-order valence-corrected chi connectivity index (χ3v) is 4.70. The third kappa shape index (κ3) is 4.08. The Morgan fingerprint density at radius 3 is 2.71 bits per heavy atom. The highest BCUT2D eigenvalue weighted by atomic mass is 79.9. The molecule has 2 nitrogen and oxygen atoms in total. The normalized spacial score (nSPS) is 11.6. The summed E-state index contributed by atoms with van der Waals surface area (Å²) >= 11 is 4.95. The van der Waals surface area contributed by atoms with Crippen molar-refractivity contribution in [3.8, 4) is 17.3 Å². The lowest BCUT2D eigenvalue weighted by molar-refractivity contribution is 1.36. The zero-order chi connectivity index (χ0) is 16.8. The molecule has 0 radical (unpaired) electrons. The molecule has 3 aromatic rings. The molecule has 24 heavy (non-hydrogen) atoms. The van der Waals surface area contributed by atoms with Crippen LogP contribution in [0.4, 0.5) is 0 Å². The quantitative estimate of drug-likeness (QED) is 0.391. The minimum absolute atomic E-state index is 0.563. The Morgan fingerprint density at radius 1 is 1.12 bits per heavy atom. The Labute approximate surface area is 153 Å². The van der Waals surface area contributed by atoms with Gasteiger partial charge in [-0.3, -0.25) is 0 Å². The molecule has 0 aliphatic heterocycles. The predicted molar refractivity (Wildman–Crippen MR) is 104 cm³/mol. The molecule has 3 rings (SSSR count). The molecule has 0 saturated carbocycles. The molecule has 0 bridgehead atoms. The summed E-state index contributed by atoms with van der Waals surface area (Å²) in [6.45, 7) is 0. The average molecular weight is 393 g/mol. The van der Waals surface area contributed by atoms with Gasteiger partial charge in [-0.25, -0.2) is 4.98 Å². The first-order valence-corrected chi connectivity index (χ1v) is 8.99. The number of thiazole rings is 1. The highest BCUT2D eigenvalue weighted by molar-refractivity contribution is 9.10. The van der Waals surface area contributed by atoms with E-state index in [2.05, 4.69) is 27.0 Å². The van der Waals surface area contributed by atoms with Crippen LogP contribution in [0.3, 0.4) is 0 Å². The number of nitriles is 1. The van der Waals surface area contributed by atoms with E-state index in [9.17, 15) is 5.26 Å². The maximum atomic E-state index is 9.41. The molecule has 1 aromatic heterocycles. The predicted octanol–water partition coefficient (Wildman–Crippen LogP) is 6.19. The highest BCUT2D eigenvalue weighted by Gasteiger charge is 2.08. The van der Waals surface area contributed by atoms with Crippen LogP contribution in [0.5, 0.6) is 0 Å². The van der Waals surface area contributed by atoms with Gasteiger partial charge in [-0.15, -0.1) is 11.3 Å². The lowest BCUT2D eigenvalue weighted by Crippen LogP contribution is -1.82. The summed E-state index contributed by atoms with van der Waals surface area (Å²) in [5, 5.41) is 12.1. The number of benzene rings is 2. The van der Waals surface area contributed by atoms with Crippen molar-refractivity contribution < 1.29 is 0 Å². The molecule has 0 aliphatic carbocycles. The standard InChI is InChI=1S/C20H13BrN2S/c21-18-11-5-9-16(12-18)19-14-24-20(23-19)17(13-22)10-4-8-15-6-2-1-3-7-15/h1-12,14H. The number of allylic oxidation sites excluding steroid dienone is 3. The fraction of sp³-hybridized carbons (Fsp3) is 0. The molecular weight excluding hydrogens is 380 g/mol. The van der Waals surface area contributed by atoms with Gasteiger partial charge in [0.15, 0.2) is 0 Å². The molecule has 0 spiro atoms. The van der Waals surface area contributed by atoms with Crippen LogP contribution in [-0.2, 0) is 0 Å². The van der Waals surface area contributed by atoms with Gasteiger partial charge in [0.1, 0.15) is 11.1 Å². The van der Waals surface area contributed by atoms with Crippen molar-refractivity contribution in [1.29, 1.82) is 5.26 Å². The molecule has 4 heteroatoms. The van der Waals surface area contributed by atoms with Gasteiger partial charge < -0.3 is 0 Å². The molecule has 0 fully saturated rings. The van der Waals surface area contributed by atoms with Crippen LogP contribution >= 0.6 is 27.3 Å². The summed E-state index contributed by atoms with van der Waals surface area (Å²) < 4.78 is 1.01. The lowest BCUT2D eigenvalue weighted by Gasteiger charge is -1.97. The smallest absolute Gasteiger partial charge is 0.134 e. The Kier molecular flexibility index (Phi) is 5.37. The van der Waals surface area contributed by atoms with Gasteiger partial charge in [-0.1, -0.05) is 70.5 Å². The van der Waals surface area contributed by atoms with E-state index >= 15 is 0 Å². The summed E-state index contributed by atoms with van der Waals surface area (Å²) in [4.78, 5) is 4.59. The molecular formula is C20H13BrN2S. The SMILES string of the molecule is N#CC(=CC=Cc1ccccc1)c1nc(-c2cccc(Br)c2)cs1. The Hall–Kier alpha value is -2.48. The van der Waals surface area contributed by atoms with E-state index in [1.165, 1.54) is 11.3 Å². The Bertz CT molecular complexity index is 934. The number of rotatable bonds is 4. The van der Waals surface area contributed by atoms with Gasteiger partial charge in [0, 0.05) is 15.4 Å². The van der Waals surface area contributed by atoms with Crippen molar-refractivity contribution in [2.24, 2.45) is 0 Å². The van der Waals surface area contributed by atoms with Crippen LogP contribution in [0.2, 0.25) is 0 Å². The number of hydrogen-bond donors (Lipinski definition) is 0. The van der Waals surface area contributed by atoms with Crippen LogP contribution in [0.25, 0.3) is 22.9 Å². The number of nitrogens with zero attached hydrogens (tertiary/aromatic N) is 2. The van der Waals surface area contributed by atoms with Crippen LogP contribution in [-0.4, -0.2) is 4.98 Å². The van der Waals surface area contributed by atoms with E-state index in [1.807, 2.05) is 72.1 Å². The lowest BCUT2D eigenvalue weighted by atomic mass is 10.2. The summed E-state index contributed by atoms with van der Waals surface area (Å²) in [5.41, 5.74) is 3.57. The second-order valence-corrected chi connectivity index (χ2v) is 6.78. The molecule has 0 atom stereocenters. The zero-order valence-electron chi connectivity index (χ0n) is 12.7. The van der Waals surface area contributed by atoms with Crippen molar-refractivity contribution in [1.82, 2.24) is 4.98 Å². The van der Waals surface area contributed by atoms with Crippen LogP contribution in [0.15, 0.2) is 76.6 Å². The van der Waals surface area contributed by atoms with Crippen molar-refractivity contribution in [2.45, 2.75) is 0 Å². The van der Waals surface area contributed by atoms with Crippen LogP contribution < -0.4 is 0 Å². The second-order valence-electron chi connectivity index (χ2n) is 5.01. The summed E-state index contributed by atoms with van der Waals surface area (Å²) in [5.74, 6) is 0. The van der Waals surface area contributed by atoms with E-state index in [4.69, 9.17) is 0 Å². The van der Waals surface area contributed by atoms with Gasteiger partial charge in [0.25, 0.3) is 0 Å². The first-order valence-electron chi connectivity index (χ1n) is 7.31. The Morgan fingerprint density at radius 2 is 1.96 bits per heavy atom. The van der Waals surface area contributed by atoms with Gasteiger partial charge in [0.05, 0.1) is 11.3 Å². The maximum Gasteiger partial charge on any atom is 0.134 e. The number of hydrogen-bond acceptors (Lipinski definition) is 3. The first-order chi connectivity index (χ1) is 11.8. The van der Waals surface area contributed by atoms with Crippen molar-refractivity contribution in [2.75, 3.05) is 0 Å². The molecule has 0 amide bonds. The van der Waals surface area contributed by atoms with Crippen molar-refractivity contribution in [3.05, 3.63) is 87.2 Å². The molecule has 0 N–H and O–H groups in total. The Balaban J connectivity index is 1.83. The largest absolute Gasteiger partial charge is 0.235 e. The van der Waals surface area contributed by atoms with Crippen molar-refractivity contribution in [3.63, 3.8) is 0 Å². The molecule has 0 unspecified atom stereocenters. The molecule has 2 aromatic carbocycles. The second kappa shape index (κ2) is 7.87. The third-order valence-electron chi connectivity index (χ3n) is 3.33. The van der Waals surface area contributed by atoms with Gasteiger partial charge >= 0.3 is 0 Å². The van der Waals surface area contributed by atoms with Crippen LogP contribution in [0.1, 0.15) is 10.6 Å². The summed E-state index contributed by atoms with van der Waals surface area (Å²) in [6, 6.07) is 20.2. The van der Waals surface area contributed by atoms with Gasteiger partial charge in [-0.05, 0) is 23.8 Å². The van der Waals surface area contributed by atoms with Crippen LogP contribution in [0, 0.1) is 11.3 Å². The van der Waals surface area contributed by atoms with Crippen molar-refractivity contribution >= 4 is 38.9 Å². The van der Waals surface area contributed by atoms with E-state index < -0.39 is 0 Å². The highest BCUT2D eigenvalue weighted by Crippen LogP contribution is 2.27.